The molecule has 0 aliphatic rings. The fraction of sp³-hybridized carbons (Fsp3) is 0.150. The van der Waals surface area contributed by atoms with Gasteiger partial charge in [-0.15, -0.1) is 0 Å². The van der Waals surface area contributed by atoms with Crippen LogP contribution in [-0.4, -0.2) is 7.11 Å². The summed E-state index contributed by atoms with van der Waals surface area (Å²) < 4.78 is 7.45. The van der Waals surface area contributed by atoms with E-state index >= 15 is 0 Å². The fourth-order valence-electron chi connectivity index (χ4n) is 2.52. The predicted octanol–water partition coefficient (Wildman–Crippen LogP) is 3.62. The van der Waals surface area contributed by atoms with E-state index in [-0.39, 0.29) is 0 Å². The van der Waals surface area contributed by atoms with Crippen molar-refractivity contribution in [3.8, 4) is 5.75 Å². The summed E-state index contributed by atoms with van der Waals surface area (Å²) in [5.74, 6) is 0.902. The maximum absolute atomic E-state index is 5.27. The normalized spacial score (nSPS) is 10.4. The average Bonchev–Trinajstić information content (AvgIpc) is 2.58. The summed E-state index contributed by atoms with van der Waals surface area (Å²) in [6, 6.07) is 23.1. The zero-order chi connectivity index (χ0) is 15.2. The van der Waals surface area contributed by atoms with Crippen LogP contribution in [0.4, 0.5) is 0 Å². The van der Waals surface area contributed by atoms with Crippen LogP contribution >= 0.6 is 0 Å². The Kier molecular flexibility index (Phi) is 4.50. The van der Waals surface area contributed by atoms with E-state index in [1.165, 1.54) is 16.7 Å². The lowest BCUT2D eigenvalue weighted by molar-refractivity contribution is -0.688. The number of ether oxygens (including phenoxy) is 1. The maximum Gasteiger partial charge on any atom is 0.173 e. The third kappa shape index (κ3) is 3.73. The number of pyridine rings is 1. The van der Waals surface area contributed by atoms with Gasteiger partial charge in [0.05, 0.1) is 7.11 Å². The molecule has 1 aromatic heterocycles. The van der Waals surface area contributed by atoms with Gasteiger partial charge in [0.15, 0.2) is 18.9 Å². The van der Waals surface area contributed by atoms with Crippen molar-refractivity contribution in [2.24, 2.45) is 0 Å². The number of nitrogens with zero attached hydrogens (tertiary/aromatic N) is 1. The Morgan fingerprint density at radius 1 is 0.773 bits per heavy atom. The summed E-state index contributed by atoms with van der Waals surface area (Å²) in [6.45, 7) is 0.850. The summed E-state index contributed by atoms with van der Waals surface area (Å²) in [6.07, 6.45) is 5.25. The topological polar surface area (TPSA) is 13.1 Å². The molecule has 3 aromatic rings. The number of hydrogen-bond donors (Lipinski definition) is 0. The molecule has 0 unspecified atom stereocenters. The number of aromatic nitrogens is 1. The van der Waals surface area contributed by atoms with E-state index in [1.807, 2.05) is 12.1 Å². The Bertz CT molecular complexity index is 720. The maximum atomic E-state index is 5.27. The third-order valence-electron chi connectivity index (χ3n) is 3.71. The van der Waals surface area contributed by atoms with Crippen molar-refractivity contribution in [2.75, 3.05) is 7.11 Å². The van der Waals surface area contributed by atoms with Crippen molar-refractivity contribution in [3.05, 3.63) is 95.8 Å². The van der Waals surface area contributed by atoms with Gasteiger partial charge in [-0.1, -0.05) is 42.5 Å². The predicted molar refractivity (Wildman–Crippen MR) is 88.0 cm³/mol. The van der Waals surface area contributed by atoms with E-state index in [9.17, 15) is 0 Å². The highest BCUT2D eigenvalue weighted by atomic mass is 16.5. The van der Waals surface area contributed by atoms with Crippen LogP contribution in [0.2, 0.25) is 0 Å². The van der Waals surface area contributed by atoms with E-state index < -0.39 is 0 Å². The molecule has 0 atom stereocenters. The van der Waals surface area contributed by atoms with Crippen LogP contribution in [0.1, 0.15) is 16.7 Å². The van der Waals surface area contributed by atoms with Crippen molar-refractivity contribution < 1.29 is 9.30 Å². The first-order chi connectivity index (χ1) is 10.8. The lowest BCUT2D eigenvalue weighted by Crippen LogP contribution is -2.33. The first-order valence-electron chi connectivity index (χ1n) is 7.48. The Morgan fingerprint density at radius 3 is 2.18 bits per heavy atom. The molecule has 0 amide bonds. The SMILES string of the molecule is COc1cccc(C[n+]2ccc(Cc3ccccc3)cc2)c1. The summed E-state index contributed by atoms with van der Waals surface area (Å²) >= 11 is 0. The minimum atomic E-state index is 0.850. The van der Waals surface area contributed by atoms with Gasteiger partial charge in [-0.25, -0.2) is 4.57 Å². The molecule has 0 N–H and O–H groups in total. The van der Waals surface area contributed by atoms with Crippen molar-refractivity contribution in [1.82, 2.24) is 0 Å². The highest BCUT2D eigenvalue weighted by Gasteiger charge is 2.04. The van der Waals surface area contributed by atoms with Crippen molar-refractivity contribution in [1.29, 1.82) is 0 Å². The second-order valence-corrected chi connectivity index (χ2v) is 5.39. The van der Waals surface area contributed by atoms with E-state index in [4.69, 9.17) is 4.74 Å². The Balaban J connectivity index is 1.68. The van der Waals surface area contributed by atoms with Crippen LogP contribution in [0.15, 0.2) is 79.1 Å². The number of hydrogen-bond acceptors (Lipinski definition) is 1. The molecular formula is C20H20NO+. The highest BCUT2D eigenvalue weighted by Crippen LogP contribution is 2.12. The van der Waals surface area contributed by atoms with Crippen molar-refractivity contribution in [3.63, 3.8) is 0 Å². The van der Waals surface area contributed by atoms with Gasteiger partial charge in [-0.05, 0) is 29.7 Å². The highest BCUT2D eigenvalue weighted by molar-refractivity contribution is 5.28. The quantitative estimate of drug-likeness (QED) is 0.654. The average molecular weight is 290 g/mol. The van der Waals surface area contributed by atoms with Crippen LogP contribution in [-0.2, 0) is 13.0 Å². The van der Waals surface area contributed by atoms with Gasteiger partial charge in [0.1, 0.15) is 5.75 Å². The Morgan fingerprint density at radius 2 is 1.45 bits per heavy atom. The Labute approximate surface area is 131 Å². The summed E-state index contributed by atoms with van der Waals surface area (Å²) in [5.41, 5.74) is 3.90. The van der Waals surface area contributed by atoms with Crippen LogP contribution in [0.25, 0.3) is 0 Å². The molecule has 0 saturated carbocycles. The molecule has 22 heavy (non-hydrogen) atoms. The van der Waals surface area contributed by atoms with E-state index in [0.29, 0.717) is 0 Å². The number of benzene rings is 2. The van der Waals surface area contributed by atoms with E-state index in [2.05, 4.69) is 71.6 Å². The molecule has 0 fully saturated rings. The van der Waals surface area contributed by atoms with E-state index in [1.54, 1.807) is 7.11 Å². The zero-order valence-corrected chi connectivity index (χ0v) is 12.8. The van der Waals surface area contributed by atoms with Crippen molar-refractivity contribution >= 4 is 0 Å². The minimum absolute atomic E-state index is 0.850. The molecule has 2 nitrogen and oxygen atoms in total. The van der Waals surface area contributed by atoms with Gasteiger partial charge >= 0.3 is 0 Å². The monoisotopic (exact) mass is 290 g/mol. The van der Waals surface area contributed by atoms with Crippen LogP contribution < -0.4 is 9.30 Å². The minimum Gasteiger partial charge on any atom is -0.497 e. The fourth-order valence-corrected chi connectivity index (χ4v) is 2.52. The lowest BCUT2D eigenvalue weighted by Gasteiger charge is -2.03. The van der Waals surface area contributed by atoms with Crippen molar-refractivity contribution in [2.45, 2.75) is 13.0 Å². The molecule has 2 heteroatoms. The second-order valence-electron chi connectivity index (χ2n) is 5.39. The van der Waals surface area contributed by atoms with Gasteiger partial charge in [0.25, 0.3) is 0 Å². The van der Waals surface area contributed by atoms with E-state index in [0.717, 1.165) is 18.7 Å². The van der Waals surface area contributed by atoms with Crippen LogP contribution in [0, 0.1) is 0 Å². The first kappa shape index (κ1) is 14.3. The molecule has 0 saturated heterocycles. The molecule has 2 aromatic carbocycles. The second kappa shape index (κ2) is 6.90. The van der Waals surface area contributed by atoms with Gasteiger partial charge in [0, 0.05) is 17.7 Å². The molecule has 0 spiro atoms. The molecule has 110 valence electrons. The van der Waals surface area contributed by atoms with Crippen LogP contribution in [0.5, 0.6) is 5.75 Å². The molecule has 0 bridgehead atoms. The van der Waals surface area contributed by atoms with Gasteiger partial charge in [0.2, 0.25) is 0 Å². The molecular weight excluding hydrogens is 270 g/mol. The molecule has 0 aliphatic carbocycles. The molecule has 3 rings (SSSR count). The largest absolute Gasteiger partial charge is 0.497 e. The number of methoxy groups -OCH3 is 1. The third-order valence-corrected chi connectivity index (χ3v) is 3.71. The first-order valence-corrected chi connectivity index (χ1v) is 7.48. The summed E-state index contributed by atoms with van der Waals surface area (Å²) in [4.78, 5) is 0. The molecule has 0 aliphatic heterocycles. The summed E-state index contributed by atoms with van der Waals surface area (Å²) in [5, 5.41) is 0. The standard InChI is InChI=1S/C20H20NO/c1-22-20-9-5-8-19(15-20)16-21-12-10-18(11-13-21)14-17-6-3-2-4-7-17/h2-13,15H,14,16H2,1H3/q+1. The molecule has 1 heterocycles. The smallest absolute Gasteiger partial charge is 0.173 e. The summed E-state index contributed by atoms with van der Waals surface area (Å²) in [7, 11) is 1.70. The zero-order valence-electron chi connectivity index (χ0n) is 12.8. The van der Waals surface area contributed by atoms with Crippen LogP contribution in [0.3, 0.4) is 0 Å². The van der Waals surface area contributed by atoms with Gasteiger partial charge in [-0.2, -0.15) is 0 Å². The number of rotatable bonds is 5. The Hall–Kier alpha value is -2.61. The molecule has 0 radical (unpaired) electrons. The lowest BCUT2D eigenvalue weighted by atomic mass is 10.1. The van der Waals surface area contributed by atoms with Gasteiger partial charge in [-0.3, -0.25) is 0 Å². The van der Waals surface area contributed by atoms with Gasteiger partial charge < -0.3 is 4.74 Å².